The Hall–Kier alpha value is -1.05. The first-order valence-corrected chi connectivity index (χ1v) is 10.5. The maximum Gasteiger partial charge on any atom is 0.260 e. The quantitative estimate of drug-likeness (QED) is 0.767. The molecule has 2 aromatic heterocycles. The van der Waals surface area contributed by atoms with Gasteiger partial charge in [0.1, 0.15) is 5.03 Å². The zero-order valence-electron chi connectivity index (χ0n) is 13.2. The van der Waals surface area contributed by atoms with E-state index in [9.17, 15) is 4.79 Å². The summed E-state index contributed by atoms with van der Waals surface area (Å²) in [5.74, 6) is -0.125. The molecule has 1 aliphatic carbocycles. The van der Waals surface area contributed by atoms with E-state index in [0.29, 0.717) is 15.9 Å². The first kappa shape index (κ1) is 16.8. The topological polar surface area (TPSA) is 54.9 Å². The molecule has 1 saturated carbocycles. The molecule has 1 N–H and O–H groups in total. The van der Waals surface area contributed by atoms with Crippen LogP contribution in [0.2, 0.25) is 0 Å². The number of pyridine rings is 1. The first-order valence-electron chi connectivity index (χ1n) is 7.62. The van der Waals surface area contributed by atoms with Crippen molar-refractivity contribution in [1.82, 2.24) is 9.97 Å². The molecule has 0 spiro atoms. The lowest BCUT2D eigenvalue weighted by molar-refractivity contribution is 0.102. The monoisotopic (exact) mass is 365 g/mol. The van der Waals surface area contributed by atoms with Crippen molar-refractivity contribution in [2.45, 2.75) is 47.1 Å². The molecule has 0 atom stereocenters. The smallest absolute Gasteiger partial charge is 0.260 e. The van der Waals surface area contributed by atoms with Crippen LogP contribution in [0.5, 0.6) is 0 Å². The first-order chi connectivity index (χ1) is 11.2. The van der Waals surface area contributed by atoms with Crippen LogP contribution in [-0.2, 0) is 0 Å². The molecule has 7 heteroatoms. The van der Waals surface area contributed by atoms with Gasteiger partial charge in [-0.3, -0.25) is 10.1 Å². The average molecular weight is 366 g/mol. The molecule has 0 aromatic carbocycles. The largest absolute Gasteiger partial charge is 0.298 e. The summed E-state index contributed by atoms with van der Waals surface area (Å²) >= 11 is 4.90. The number of thiazole rings is 1. The number of amides is 1. The number of rotatable bonds is 5. The molecule has 4 nitrogen and oxygen atoms in total. The van der Waals surface area contributed by atoms with Crippen molar-refractivity contribution in [3.63, 3.8) is 0 Å². The van der Waals surface area contributed by atoms with Gasteiger partial charge in [-0.05, 0) is 38.2 Å². The van der Waals surface area contributed by atoms with Gasteiger partial charge in [0.05, 0.1) is 15.5 Å². The van der Waals surface area contributed by atoms with E-state index in [0.717, 1.165) is 14.9 Å². The van der Waals surface area contributed by atoms with Crippen molar-refractivity contribution in [3.8, 4) is 0 Å². The van der Waals surface area contributed by atoms with Gasteiger partial charge in [0.25, 0.3) is 5.91 Å². The molecule has 1 aliphatic rings. The number of aromatic nitrogens is 2. The summed E-state index contributed by atoms with van der Waals surface area (Å²) in [7, 11) is 0. The van der Waals surface area contributed by atoms with Crippen LogP contribution in [0.3, 0.4) is 0 Å². The summed E-state index contributed by atoms with van der Waals surface area (Å²) in [6.07, 6.45) is 8.76. The fraction of sp³-hybridized carbons (Fsp3) is 0.438. The molecule has 0 unspecified atom stereocenters. The van der Waals surface area contributed by atoms with Gasteiger partial charge < -0.3 is 0 Å². The Bertz CT molecular complexity index is 696. The van der Waals surface area contributed by atoms with Crippen LogP contribution in [0.25, 0.3) is 0 Å². The fourth-order valence-electron chi connectivity index (χ4n) is 2.61. The molecule has 1 fully saturated rings. The number of thioether (sulfide) groups is 2. The normalized spacial score (nSPS) is 15.0. The number of hydrogen-bond acceptors (Lipinski definition) is 6. The van der Waals surface area contributed by atoms with E-state index in [1.807, 2.05) is 25.3 Å². The van der Waals surface area contributed by atoms with Gasteiger partial charge in [-0.25, -0.2) is 9.97 Å². The van der Waals surface area contributed by atoms with Crippen molar-refractivity contribution in [2.75, 3.05) is 11.6 Å². The minimum atomic E-state index is -0.125. The number of anilines is 1. The standard InChI is InChI=1S/C16H19N3OS3/c1-10-15(21-2)23-16(18-10)19-13(20)12-8-5-9-17-14(12)22-11-6-3-4-7-11/h5,8-9,11H,3-4,6-7H2,1-2H3,(H,18,19,20). The van der Waals surface area contributed by atoms with E-state index in [1.54, 1.807) is 29.7 Å². The van der Waals surface area contributed by atoms with Gasteiger partial charge in [-0.15, -0.1) is 23.5 Å². The molecule has 0 radical (unpaired) electrons. The summed E-state index contributed by atoms with van der Waals surface area (Å²) in [6.45, 7) is 1.96. The van der Waals surface area contributed by atoms with Gasteiger partial charge in [-0.2, -0.15) is 0 Å². The zero-order valence-corrected chi connectivity index (χ0v) is 15.6. The minimum Gasteiger partial charge on any atom is -0.298 e. The van der Waals surface area contributed by atoms with E-state index < -0.39 is 0 Å². The number of nitrogens with zero attached hydrogens (tertiary/aromatic N) is 2. The summed E-state index contributed by atoms with van der Waals surface area (Å²) in [6, 6.07) is 3.66. The lowest BCUT2D eigenvalue weighted by Gasteiger charge is -2.11. The van der Waals surface area contributed by atoms with Crippen LogP contribution in [0.4, 0.5) is 5.13 Å². The van der Waals surface area contributed by atoms with Gasteiger partial charge in [0.2, 0.25) is 0 Å². The highest BCUT2D eigenvalue weighted by Crippen LogP contribution is 2.35. The summed E-state index contributed by atoms with van der Waals surface area (Å²) < 4.78 is 1.13. The molecule has 0 saturated heterocycles. The molecule has 0 aliphatic heterocycles. The third kappa shape index (κ3) is 4.08. The van der Waals surface area contributed by atoms with E-state index >= 15 is 0 Å². The third-order valence-electron chi connectivity index (χ3n) is 3.76. The molecule has 2 heterocycles. The van der Waals surface area contributed by atoms with Gasteiger partial charge >= 0.3 is 0 Å². The van der Waals surface area contributed by atoms with Gasteiger partial charge in [0.15, 0.2) is 5.13 Å². The molecule has 3 rings (SSSR count). The van der Waals surface area contributed by atoms with E-state index in [1.165, 1.54) is 37.0 Å². The van der Waals surface area contributed by atoms with Crippen LogP contribution >= 0.6 is 34.9 Å². The highest BCUT2D eigenvalue weighted by Gasteiger charge is 2.21. The lowest BCUT2D eigenvalue weighted by Crippen LogP contribution is -2.14. The SMILES string of the molecule is CSc1sc(NC(=O)c2cccnc2SC2CCCC2)nc1C. The van der Waals surface area contributed by atoms with Crippen LogP contribution in [-0.4, -0.2) is 27.4 Å². The molecule has 122 valence electrons. The highest BCUT2D eigenvalue weighted by molar-refractivity contribution is 8.00. The number of aryl methyl sites for hydroxylation is 1. The number of nitrogens with one attached hydrogen (secondary N) is 1. The summed E-state index contributed by atoms with van der Waals surface area (Å²) in [5.41, 5.74) is 1.60. The van der Waals surface area contributed by atoms with Crippen molar-refractivity contribution in [1.29, 1.82) is 0 Å². The molecular formula is C16H19N3OS3. The second kappa shape index (κ2) is 7.68. The fourth-order valence-corrected chi connectivity index (χ4v) is 5.51. The third-order valence-corrected chi connectivity index (χ3v) is 7.39. The molecule has 1 amide bonds. The molecule has 2 aromatic rings. The zero-order chi connectivity index (χ0) is 16.2. The maximum absolute atomic E-state index is 12.6. The number of carbonyl (C=O) groups excluding carboxylic acids is 1. The van der Waals surface area contributed by atoms with E-state index in [2.05, 4.69) is 15.3 Å². The van der Waals surface area contributed by atoms with E-state index in [4.69, 9.17) is 0 Å². The van der Waals surface area contributed by atoms with Gasteiger partial charge in [-0.1, -0.05) is 24.2 Å². The van der Waals surface area contributed by atoms with E-state index in [-0.39, 0.29) is 5.91 Å². The number of hydrogen-bond donors (Lipinski definition) is 1. The average Bonchev–Trinajstić information content (AvgIpc) is 3.17. The molecular weight excluding hydrogens is 346 g/mol. The van der Waals surface area contributed by atoms with Crippen molar-refractivity contribution in [3.05, 3.63) is 29.6 Å². The Kier molecular flexibility index (Phi) is 5.61. The van der Waals surface area contributed by atoms with Crippen molar-refractivity contribution >= 4 is 45.9 Å². The second-order valence-electron chi connectivity index (χ2n) is 5.43. The van der Waals surface area contributed by atoms with Crippen LogP contribution < -0.4 is 5.32 Å². The minimum absolute atomic E-state index is 0.125. The van der Waals surface area contributed by atoms with Crippen molar-refractivity contribution in [2.24, 2.45) is 0 Å². The van der Waals surface area contributed by atoms with Gasteiger partial charge in [0, 0.05) is 11.4 Å². The van der Waals surface area contributed by atoms with Crippen LogP contribution in [0.1, 0.15) is 41.7 Å². The predicted octanol–water partition coefficient (Wildman–Crippen LogP) is 4.86. The summed E-state index contributed by atoms with van der Waals surface area (Å²) in [4.78, 5) is 21.5. The maximum atomic E-state index is 12.6. The lowest BCUT2D eigenvalue weighted by atomic mass is 10.3. The summed E-state index contributed by atoms with van der Waals surface area (Å²) in [5, 5.41) is 4.99. The Morgan fingerprint density at radius 2 is 2.17 bits per heavy atom. The Morgan fingerprint density at radius 3 is 2.87 bits per heavy atom. The second-order valence-corrected chi connectivity index (χ2v) is 8.79. The highest BCUT2D eigenvalue weighted by atomic mass is 32.2. The number of carbonyl (C=O) groups is 1. The Morgan fingerprint density at radius 1 is 1.39 bits per heavy atom. The molecule has 0 bridgehead atoms. The van der Waals surface area contributed by atoms with Crippen LogP contribution in [0, 0.1) is 6.92 Å². The Balaban J connectivity index is 1.75. The molecule has 23 heavy (non-hydrogen) atoms. The Labute approximate surface area is 148 Å². The van der Waals surface area contributed by atoms with Crippen molar-refractivity contribution < 1.29 is 4.79 Å². The van der Waals surface area contributed by atoms with Crippen LogP contribution in [0.15, 0.2) is 27.6 Å². The predicted molar refractivity (Wildman–Crippen MR) is 98.9 cm³/mol.